The highest BCUT2D eigenvalue weighted by molar-refractivity contribution is 14.0. The predicted molar refractivity (Wildman–Crippen MR) is 118 cm³/mol. The molecule has 0 fully saturated rings. The first-order valence-corrected chi connectivity index (χ1v) is 8.98. The minimum absolute atomic E-state index is 0. The van der Waals surface area contributed by atoms with Crippen LogP contribution in [0.15, 0.2) is 47.5 Å². The standard InChI is InChI=1S/C20H20F4N4O.HI/c1-25-19(26-11-14-6-7-15(21)10-16(14)20(22,23)24)27-12-18(29)28-9-8-13-4-2-3-5-17(13)28;/h2-7,10H,8-9,11-12H2,1H3,(H2,25,26,27);1H. The highest BCUT2D eigenvalue weighted by atomic mass is 127. The van der Waals surface area contributed by atoms with Crippen LogP contribution in [0.2, 0.25) is 0 Å². The Morgan fingerprint density at radius 1 is 1.17 bits per heavy atom. The number of benzene rings is 2. The molecule has 1 heterocycles. The maximum Gasteiger partial charge on any atom is 0.416 e. The number of guanidine groups is 1. The number of carbonyl (C=O) groups excluding carboxylic acids is 1. The first-order valence-electron chi connectivity index (χ1n) is 8.98. The molecule has 0 saturated carbocycles. The number of alkyl halides is 3. The summed E-state index contributed by atoms with van der Waals surface area (Å²) >= 11 is 0. The van der Waals surface area contributed by atoms with Crippen molar-refractivity contribution in [2.45, 2.75) is 19.1 Å². The number of para-hydroxylation sites is 1. The first kappa shape index (κ1) is 23.9. The van der Waals surface area contributed by atoms with Crippen molar-refractivity contribution in [3.8, 4) is 0 Å². The Balaban J connectivity index is 0.00000320. The third kappa shape index (κ3) is 5.61. The van der Waals surface area contributed by atoms with Gasteiger partial charge < -0.3 is 15.5 Å². The fourth-order valence-electron chi connectivity index (χ4n) is 3.22. The zero-order valence-electron chi connectivity index (χ0n) is 16.1. The topological polar surface area (TPSA) is 56.7 Å². The molecule has 1 amide bonds. The number of halogens is 5. The Labute approximate surface area is 188 Å². The third-order valence-electron chi connectivity index (χ3n) is 4.64. The lowest BCUT2D eigenvalue weighted by molar-refractivity contribution is -0.138. The van der Waals surface area contributed by atoms with Gasteiger partial charge in [-0.25, -0.2) is 4.39 Å². The van der Waals surface area contributed by atoms with Crippen LogP contribution in [0.4, 0.5) is 23.2 Å². The lowest BCUT2D eigenvalue weighted by Gasteiger charge is -2.19. The highest BCUT2D eigenvalue weighted by Crippen LogP contribution is 2.32. The first-order chi connectivity index (χ1) is 13.8. The summed E-state index contributed by atoms with van der Waals surface area (Å²) in [6.07, 6.45) is -3.89. The summed E-state index contributed by atoms with van der Waals surface area (Å²) in [6.45, 7) is 0.287. The monoisotopic (exact) mass is 536 g/mol. The van der Waals surface area contributed by atoms with Crippen molar-refractivity contribution in [2.24, 2.45) is 4.99 Å². The third-order valence-corrected chi connectivity index (χ3v) is 4.64. The van der Waals surface area contributed by atoms with E-state index in [1.54, 1.807) is 4.90 Å². The molecular formula is C20H21F4IN4O. The molecule has 30 heavy (non-hydrogen) atoms. The molecule has 0 spiro atoms. The minimum Gasteiger partial charge on any atom is -0.352 e. The Morgan fingerprint density at radius 3 is 2.60 bits per heavy atom. The van der Waals surface area contributed by atoms with Crippen LogP contribution in [0.3, 0.4) is 0 Å². The Hall–Kier alpha value is -2.37. The van der Waals surface area contributed by atoms with Crippen LogP contribution in [0.1, 0.15) is 16.7 Å². The lowest BCUT2D eigenvalue weighted by atomic mass is 10.1. The van der Waals surface area contributed by atoms with E-state index in [0.717, 1.165) is 29.8 Å². The number of aliphatic imine (C=N–C) groups is 1. The van der Waals surface area contributed by atoms with Crippen molar-refractivity contribution >= 4 is 41.5 Å². The smallest absolute Gasteiger partial charge is 0.352 e. The van der Waals surface area contributed by atoms with E-state index in [1.807, 2.05) is 24.3 Å². The molecule has 162 valence electrons. The summed E-state index contributed by atoms with van der Waals surface area (Å²) in [6, 6.07) is 10.1. The van der Waals surface area contributed by atoms with Gasteiger partial charge in [0.25, 0.3) is 0 Å². The summed E-state index contributed by atoms with van der Waals surface area (Å²) in [5, 5.41) is 5.54. The SMILES string of the molecule is CN=C(NCC(=O)N1CCc2ccccc21)NCc1ccc(F)cc1C(F)(F)F.I. The van der Waals surface area contributed by atoms with E-state index in [-0.39, 0.29) is 54.5 Å². The fraction of sp³-hybridized carbons (Fsp3) is 0.300. The molecule has 2 N–H and O–H groups in total. The number of nitrogens with one attached hydrogen (secondary N) is 2. The van der Waals surface area contributed by atoms with Crippen LogP contribution in [-0.4, -0.2) is 32.0 Å². The van der Waals surface area contributed by atoms with Gasteiger partial charge in [0.05, 0.1) is 12.1 Å². The van der Waals surface area contributed by atoms with Crippen LogP contribution in [-0.2, 0) is 23.9 Å². The summed E-state index contributed by atoms with van der Waals surface area (Å²) in [7, 11) is 1.44. The number of fused-ring (bicyclic) bond motifs is 1. The summed E-state index contributed by atoms with van der Waals surface area (Å²) in [4.78, 5) is 18.1. The molecule has 3 rings (SSSR count). The molecule has 0 aromatic heterocycles. The number of hydrogen-bond donors (Lipinski definition) is 2. The molecule has 0 aliphatic carbocycles. The van der Waals surface area contributed by atoms with Gasteiger partial charge >= 0.3 is 6.18 Å². The van der Waals surface area contributed by atoms with Gasteiger partial charge in [-0.05, 0) is 35.7 Å². The van der Waals surface area contributed by atoms with Crippen molar-refractivity contribution in [3.63, 3.8) is 0 Å². The second-order valence-electron chi connectivity index (χ2n) is 6.50. The van der Waals surface area contributed by atoms with Crippen molar-refractivity contribution in [3.05, 3.63) is 65.0 Å². The Kier molecular flexibility index (Phi) is 8.04. The van der Waals surface area contributed by atoms with Gasteiger partial charge in [0.2, 0.25) is 5.91 Å². The van der Waals surface area contributed by atoms with Crippen LogP contribution in [0, 0.1) is 5.82 Å². The van der Waals surface area contributed by atoms with Crippen molar-refractivity contribution < 1.29 is 22.4 Å². The van der Waals surface area contributed by atoms with E-state index in [1.165, 1.54) is 7.05 Å². The highest BCUT2D eigenvalue weighted by Gasteiger charge is 2.33. The van der Waals surface area contributed by atoms with E-state index in [4.69, 9.17) is 0 Å². The quantitative estimate of drug-likeness (QED) is 0.271. The van der Waals surface area contributed by atoms with E-state index in [2.05, 4.69) is 15.6 Å². The number of amides is 1. The lowest BCUT2D eigenvalue weighted by Crippen LogP contribution is -2.44. The van der Waals surface area contributed by atoms with E-state index >= 15 is 0 Å². The van der Waals surface area contributed by atoms with Crippen molar-refractivity contribution in [1.29, 1.82) is 0 Å². The van der Waals surface area contributed by atoms with Gasteiger partial charge in [-0.1, -0.05) is 24.3 Å². The molecular weight excluding hydrogens is 515 g/mol. The fourth-order valence-corrected chi connectivity index (χ4v) is 3.22. The van der Waals surface area contributed by atoms with Crippen LogP contribution in [0.25, 0.3) is 0 Å². The zero-order chi connectivity index (χ0) is 21.0. The molecule has 2 aromatic rings. The largest absolute Gasteiger partial charge is 0.416 e. The molecule has 10 heteroatoms. The van der Waals surface area contributed by atoms with Gasteiger partial charge in [0.15, 0.2) is 5.96 Å². The molecule has 0 saturated heterocycles. The van der Waals surface area contributed by atoms with E-state index in [9.17, 15) is 22.4 Å². The zero-order valence-corrected chi connectivity index (χ0v) is 18.4. The molecule has 0 unspecified atom stereocenters. The number of rotatable bonds is 4. The maximum absolute atomic E-state index is 13.2. The molecule has 0 atom stereocenters. The maximum atomic E-state index is 13.2. The van der Waals surface area contributed by atoms with Crippen LogP contribution < -0.4 is 15.5 Å². The number of hydrogen-bond acceptors (Lipinski definition) is 2. The molecule has 2 aromatic carbocycles. The molecule has 0 bridgehead atoms. The predicted octanol–water partition coefficient (Wildman–Crippen LogP) is 3.72. The number of anilines is 1. The minimum atomic E-state index is -4.67. The number of carbonyl (C=O) groups is 1. The molecule has 0 radical (unpaired) electrons. The molecule has 1 aliphatic heterocycles. The second-order valence-corrected chi connectivity index (χ2v) is 6.50. The van der Waals surface area contributed by atoms with Gasteiger partial charge in [-0.3, -0.25) is 9.79 Å². The summed E-state index contributed by atoms with van der Waals surface area (Å²) in [5.74, 6) is -0.959. The summed E-state index contributed by atoms with van der Waals surface area (Å²) < 4.78 is 52.5. The molecule has 1 aliphatic rings. The average molecular weight is 536 g/mol. The number of nitrogens with zero attached hydrogens (tertiary/aromatic N) is 2. The van der Waals surface area contributed by atoms with Crippen molar-refractivity contribution in [1.82, 2.24) is 10.6 Å². The van der Waals surface area contributed by atoms with Crippen LogP contribution >= 0.6 is 24.0 Å². The second kappa shape index (κ2) is 10.1. The Morgan fingerprint density at radius 2 is 1.90 bits per heavy atom. The average Bonchev–Trinajstić information content (AvgIpc) is 3.12. The van der Waals surface area contributed by atoms with Gasteiger partial charge in [-0.15, -0.1) is 24.0 Å². The summed E-state index contributed by atoms with van der Waals surface area (Å²) in [5.41, 5.74) is 0.787. The van der Waals surface area contributed by atoms with E-state index in [0.29, 0.717) is 12.6 Å². The van der Waals surface area contributed by atoms with Gasteiger partial charge in [-0.2, -0.15) is 13.2 Å². The van der Waals surface area contributed by atoms with Crippen LogP contribution in [0.5, 0.6) is 0 Å². The normalized spacial score (nSPS) is 13.5. The van der Waals surface area contributed by atoms with Gasteiger partial charge in [0, 0.05) is 25.8 Å². The van der Waals surface area contributed by atoms with Gasteiger partial charge in [0.1, 0.15) is 5.82 Å². The molecule has 5 nitrogen and oxygen atoms in total. The van der Waals surface area contributed by atoms with Crippen molar-refractivity contribution in [2.75, 3.05) is 25.0 Å². The van der Waals surface area contributed by atoms with E-state index < -0.39 is 17.6 Å². The Bertz CT molecular complexity index is 933.